The molecule has 8 nitrogen and oxygen atoms in total. The number of hydrogen-bond donors (Lipinski definition) is 1. The van der Waals surface area contributed by atoms with Crippen LogP contribution in [0.5, 0.6) is 11.5 Å². The summed E-state index contributed by atoms with van der Waals surface area (Å²) in [6.07, 6.45) is -0.637. The fourth-order valence-corrected chi connectivity index (χ4v) is 3.71. The van der Waals surface area contributed by atoms with Crippen LogP contribution in [0, 0.1) is 5.82 Å². The van der Waals surface area contributed by atoms with Gasteiger partial charge in [-0.2, -0.15) is 0 Å². The van der Waals surface area contributed by atoms with Crippen LogP contribution in [0.15, 0.2) is 78.9 Å². The molecule has 0 aliphatic rings. The molecule has 0 saturated heterocycles. The Bertz CT molecular complexity index is 1140. The van der Waals surface area contributed by atoms with Crippen molar-refractivity contribution in [1.82, 2.24) is 4.90 Å². The van der Waals surface area contributed by atoms with Gasteiger partial charge in [0.15, 0.2) is 6.10 Å². The van der Waals surface area contributed by atoms with Crippen molar-refractivity contribution in [2.45, 2.75) is 32.5 Å². The smallest absolute Gasteiger partial charge is 0.415 e. The molecule has 1 unspecified atom stereocenters. The highest BCUT2D eigenvalue weighted by atomic mass is 19.1. The molecule has 0 radical (unpaired) electrons. The highest BCUT2D eigenvalue weighted by molar-refractivity contribution is 5.72. The summed E-state index contributed by atoms with van der Waals surface area (Å²) in [5.41, 5.74) is 1.88. The van der Waals surface area contributed by atoms with E-state index in [1.54, 1.807) is 31.2 Å². The van der Waals surface area contributed by atoms with Gasteiger partial charge in [-0.25, -0.2) is 14.0 Å². The van der Waals surface area contributed by atoms with Gasteiger partial charge in [0.25, 0.3) is 0 Å². The molecular formula is C30H34FNO7. The molecule has 0 fully saturated rings. The number of nitrogens with zero attached hydrogens (tertiary/aromatic N) is 1. The monoisotopic (exact) mass is 539 g/mol. The first-order chi connectivity index (χ1) is 18.9. The summed E-state index contributed by atoms with van der Waals surface area (Å²) in [7, 11) is 0. The number of halogens is 1. The third-order valence-corrected chi connectivity index (χ3v) is 5.72. The molecule has 9 heteroatoms. The summed E-state index contributed by atoms with van der Waals surface area (Å²) in [6, 6.07) is 22.1. The average molecular weight is 540 g/mol. The van der Waals surface area contributed by atoms with E-state index in [-0.39, 0.29) is 25.3 Å². The van der Waals surface area contributed by atoms with Gasteiger partial charge in [-0.3, -0.25) is 0 Å². The predicted octanol–water partition coefficient (Wildman–Crippen LogP) is 5.34. The van der Waals surface area contributed by atoms with Crippen molar-refractivity contribution in [3.05, 3.63) is 95.8 Å². The van der Waals surface area contributed by atoms with E-state index in [0.717, 1.165) is 11.1 Å². The fourth-order valence-electron chi connectivity index (χ4n) is 3.71. The van der Waals surface area contributed by atoms with Crippen molar-refractivity contribution in [2.75, 3.05) is 32.9 Å². The Labute approximate surface area is 227 Å². The SMILES string of the molecule is CCOC(Cc1ccc(OCCN(CCCOCc2ccccc2)C(=O)Oc2ccc(F)cc2)cc1)C(=O)O. The molecule has 0 aliphatic carbocycles. The first-order valence-corrected chi connectivity index (χ1v) is 12.8. The Morgan fingerprint density at radius 3 is 2.23 bits per heavy atom. The first-order valence-electron chi connectivity index (χ1n) is 12.8. The van der Waals surface area contributed by atoms with Gasteiger partial charge in [0, 0.05) is 26.2 Å². The van der Waals surface area contributed by atoms with E-state index < -0.39 is 24.0 Å². The lowest BCUT2D eigenvalue weighted by molar-refractivity contribution is -0.149. The summed E-state index contributed by atoms with van der Waals surface area (Å²) in [6.45, 7) is 3.85. The van der Waals surface area contributed by atoms with E-state index in [1.165, 1.54) is 29.2 Å². The summed E-state index contributed by atoms with van der Waals surface area (Å²) in [5, 5.41) is 9.27. The zero-order valence-corrected chi connectivity index (χ0v) is 22.0. The Balaban J connectivity index is 1.50. The van der Waals surface area contributed by atoms with Gasteiger partial charge in [0.2, 0.25) is 0 Å². The van der Waals surface area contributed by atoms with Crippen LogP contribution < -0.4 is 9.47 Å². The molecule has 3 aromatic rings. The molecule has 0 saturated carbocycles. The highest BCUT2D eigenvalue weighted by Crippen LogP contribution is 2.16. The number of carboxylic acid groups (broad SMARTS) is 1. The summed E-state index contributed by atoms with van der Waals surface area (Å²) in [4.78, 5) is 25.7. The Hall–Kier alpha value is -3.95. The minimum absolute atomic E-state index is 0.208. The van der Waals surface area contributed by atoms with Crippen LogP contribution in [0.4, 0.5) is 9.18 Å². The molecule has 1 atom stereocenters. The number of aliphatic carboxylic acids is 1. The Morgan fingerprint density at radius 1 is 0.872 bits per heavy atom. The first kappa shape index (κ1) is 29.6. The molecule has 3 aromatic carbocycles. The van der Waals surface area contributed by atoms with Crippen LogP contribution in [0.2, 0.25) is 0 Å². The zero-order chi connectivity index (χ0) is 27.9. The minimum atomic E-state index is -1.00. The number of carbonyl (C=O) groups is 2. The second kappa shape index (κ2) is 16.1. The Kier molecular flexibility index (Phi) is 12.2. The molecule has 3 rings (SSSR count). The van der Waals surface area contributed by atoms with Gasteiger partial charge < -0.3 is 29.0 Å². The van der Waals surface area contributed by atoms with Crippen LogP contribution in [0.3, 0.4) is 0 Å². The van der Waals surface area contributed by atoms with E-state index in [9.17, 15) is 19.1 Å². The maximum absolute atomic E-state index is 13.2. The highest BCUT2D eigenvalue weighted by Gasteiger charge is 2.18. The molecule has 1 amide bonds. The van der Waals surface area contributed by atoms with E-state index in [1.807, 2.05) is 30.3 Å². The third-order valence-electron chi connectivity index (χ3n) is 5.72. The average Bonchev–Trinajstić information content (AvgIpc) is 2.94. The maximum Gasteiger partial charge on any atom is 0.415 e. The largest absolute Gasteiger partial charge is 0.492 e. The van der Waals surface area contributed by atoms with E-state index in [2.05, 4.69) is 0 Å². The number of ether oxygens (including phenoxy) is 4. The summed E-state index contributed by atoms with van der Waals surface area (Å²) < 4.78 is 35.4. The van der Waals surface area contributed by atoms with Gasteiger partial charge in [-0.1, -0.05) is 42.5 Å². The molecule has 0 heterocycles. The second-order valence-electron chi connectivity index (χ2n) is 8.68. The third kappa shape index (κ3) is 10.7. The van der Waals surface area contributed by atoms with Gasteiger partial charge in [0.05, 0.1) is 13.2 Å². The molecule has 0 bridgehead atoms. The number of benzene rings is 3. The maximum atomic E-state index is 13.2. The van der Waals surface area contributed by atoms with Crippen LogP contribution in [0.1, 0.15) is 24.5 Å². The fraction of sp³-hybridized carbons (Fsp3) is 0.333. The van der Waals surface area contributed by atoms with E-state index in [4.69, 9.17) is 18.9 Å². The lowest BCUT2D eigenvalue weighted by Gasteiger charge is -2.22. The van der Waals surface area contributed by atoms with Crippen molar-refractivity contribution in [3.63, 3.8) is 0 Å². The standard InChI is InChI=1S/C30H34FNO7/c1-2-37-28(29(33)34)21-23-9-13-26(14-10-23)38-20-18-32(30(35)39-27-15-11-25(31)12-16-27)17-6-19-36-22-24-7-4-3-5-8-24/h3-5,7-16,28H,2,6,17-22H2,1H3,(H,33,34). The van der Waals surface area contributed by atoms with Crippen LogP contribution >= 0.6 is 0 Å². The van der Waals surface area contributed by atoms with Crippen molar-refractivity contribution in [1.29, 1.82) is 0 Å². The van der Waals surface area contributed by atoms with E-state index >= 15 is 0 Å². The second-order valence-corrected chi connectivity index (χ2v) is 8.68. The van der Waals surface area contributed by atoms with Crippen molar-refractivity contribution >= 4 is 12.1 Å². The Morgan fingerprint density at radius 2 is 1.56 bits per heavy atom. The zero-order valence-electron chi connectivity index (χ0n) is 22.0. The molecule has 0 aromatic heterocycles. The van der Waals surface area contributed by atoms with Gasteiger partial charge in [-0.05, 0) is 60.9 Å². The van der Waals surface area contributed by atoms with Gasteiger partial charge in [0.1, 0.15) is 23.9 Å². The van der Waals surface area contributed by atoms with Gasteiger partial charge in [-0.15, -0.1) is 0 Å². The van der Waals surface area contributed by atoms with Crippen LogP contribution in [-0.4, -0.2) is 61.1 Å². The van der Waals surface area contributed by atoms with E-state index in [0.29, 0.717) is 38.5 Å². The normalized spacial score (nSPS) is 11.5. The number of carboxylic acids is 1. The minimum Gasteiger partial charge on any atom is -0.492 e. The molecular weight excluding hydrogens is 505 g/mol. The molecule has 208 valence electrons. The number of rotatable bonds is 16. The summed E-state index contributed by atoms with van der Waals surface area (Å²) in [5.74, 6) is -0.594. The number of amides is 1. The topological polar surface area (TPSA) is 94.5 Å². The lowest BCUT2D eigenvalue weighted by Crippen LogP contribution is -2.38. The molecule has 1 N–H and O–H groups in total. The molecule has 39 heavy (non-hydrogen) atoms. The van der Waals surface area contributed by atoms with Gasteiger partial charge >= 0.3 is 12.1 Å². The summed E-state index contributed by atoms with van der Waals surface area (Å²) >= 11 is 0. The number of hydrogen-bond acceptors (Lipinski definition) is 6. The molecule has 0 spiro atoms. The van der Waals surface area contributed by atoms with Crippen molar-refractivity contribution < 1.29 is 38.0 Å². The molecule has 0 aliphatic heterocycles. The lowest BCUT2D eigenvalue weighted by atomic mass is 10.1. The van der Waals surface area contributed by atoms with Crippen molar-refractivity contribution in [2.24, 2.45) is 0 Å². The van der Waals surface area contributed by atoms with Crippen LogP contribution in [0.25, 0.3) is 0 Å². The quantitative estimate of drug-likeness (QED) is 0.246. The number of carbonyl (C=O) groups excluding carboxylic acids is 1. The van der Waals surface area contributed by atoms with Crippen molar-refractivity contribution in [3.8, 4) is 11.5 Å². The van der Waals surface area contributed by atoms with Crippen LogP contribution in [-0.2, 0) is 27.3 Å². The predicted molar refractivity (Wildman–Crippen MR) is 143 cm³/mol.